The molecule has 0 aliphatic rings. The van der Waals surface area contributed by atoms with Gasteiger partial charge in [0.2, 0.25) is 0 Å². The highest BCUT2D eigenvalue weighted by atomic mass is 16.5. The molecule has 1 unspecified atom stereocenters. The van der Waals surface area contributed by atoms with Crippen LogP contribution in [-0.2, 0) is 11.3 Å². The number of amides is 1. The number of carbonyl (C=O) groups excluding carboxylic acids is 1. The smallest absolute Gasteiger partial charge is 0.408 e. The first-order valence-electron chi connectivity index (χ1n) is 5.45. The number of benzene rings is 1. The molecule has 0 saturated heterocycles. The Hall–Kier alpha value is -1.55. The molecule has 1 aromatic carbocycles. The number of rotatable bonds is 5. The average molecular weight is 222 g/mol. The Morgan fingerprint density at radius 2 is 2.12 bits per heavy atom. The summed E-state index contributed by atoms with van der Waals surface area (Å²) in [5, 5.41) is 2.57. The molecule has 0 saturated carbocycles. The highest BCUT2D eigenvalue weighted by Crippen LogP contribution is 2.00. The van der Waals surface area contributed by atoms with Gasteiger partial charge in [-0.15, -0.1) is 0 Å². The molecule has 0 radical (unpaired) electrons. The van der Waals surface area contributed by atoms with E-state index in [0.717, 1.165) is 18.4 Å². The van der Waals surface area contributed by atoms with Crippen LogP contribution in [0.25, 0.3) is 0 Å². The van der Waals surface area contributed by atoms with E-state index in [9.17, 15) is 4.79 Å². The molecule has 4 heteroatoms. The third-order valence-corrected chi connectivity index (χ3v) is 2.12. The second kappa shape index (κ2) is 6.85. The fraction of sp³-hybridized carbons (Fsp3) is 0.417. The van der Waals surface area contributed by atoms with E-state index in [2.05, 4.69) is 5.32 Å². The molecular formula is C12H18N2O2. The van der Waals surface area contributed by atoms with Crippen LogP contribution in [-0.4, -0.2) is 12.3 Å². The normalized spacial score (nSPS) is 11.9. The minimum absolute atomic E-state index is 0.269. The van der Waals surface area contributed by atoms with Crippen molar-refractivity contribution in [2.75, 3.05) is 0 Å². The summed E-state index contributed by atoms with van der Waals surface area (Å²) in [5.74, 6) is 0. The van der Waals surface area contributed by atoms with Gasteiger partial charge in [-0.25, -0.2) is 4.79 Å². The number of ether oxygens (including phenoxy) is 1. The third kappa shape index (κ3) is 4.79. The summed E-state index contributed by atoms with van der Waals surface area (Å²) >= 11 is 0. The fourth-order valence-corrected chi connectivity index (χ4v) is 1.30. The molecule has 0 aliphatic carbocycles. The zero-order valence-electron chi connectivity index (χ0n) is 9.48. The summed E-state index contributed by atoms with van der Waals surface area (Å²) in [4.78, 5) is 11.3. The van der Waals surface area contributed by atoms with Crippen LogP contribution in [0.2, 0.25) is 0 Å². The first-order chi connectivity index (χ1) is 7.72. The molecule has 0 aromatic heterocycles. The van der Waals surface area contributed by atoms with E-state index in [0.29, 0.717) is 0 Å². The van der Waals surface area contributed by atoms with Crippen molar-refractivity contribution >= 4 is 6.09 Å². The number of hydrogen-bond donors (Lipinski definition) is 2. The lowest BCUT2D eigenvalue weighted by Gasteiger charge is -2.12. The van der Waals surface area contributed by atoms with Gasteiger partial charge in [-0.3, -0.25) is 0 Å². The molecule has 0 fully saturated rings. The third-order valence-electron chi connectivity index (χ3n) is 2.12. The largest absolute Gasteiger partial charge is 0.445 e. The maximum absolute atomic E-state index is 11.3. The van der Waals surface area contributed by atoms with Gasteiger partial charge in [0, 0.05) is 0 Å². The Kier molecular flexibility index (Phi) is 5.36. The predicted molar refractivity (Wildman–Crippen MR) is 62.6 cm³/mol. The van der Waals surface area contributed by atoms with Crippen LogP contribution in [0.3, 0.4) is 0 Å². The SMILES string of the molecule is CCCC(N)NC(=O)OCc1ccccc1. The second-order valence-corrected chi connectivity index (χ2v) is 3.60. The topological polar surface area (TPSA) is 64.3 Å². The quantitative estimate of drug-likeness (QED) is 0.749. The number of carbonyl (C=O) groups is 1. The molecule has 88 valence electrons. The number of nitrogens with one attached hydrogen (secondary N) is 1. The van der Waals surface area contributed by atoms with Crippen molar-refractivity contribution < 1.29 is 9.53 Å². The summed E-state index contributed by atoms with van der Waals surface area (Å²) in [6.07, 6.45) is 0.888. The van der Waals surface area contributed by atoms with E-state index in [4.69, 9.17) is 10.5 Å². The van der Waals surface area contributed by atoms with Crippen molar-refractivity contribution in [1.29, 1.82) is 0 Å². The van der Waals surface area contributed by atoms with Gasteiger partial charge in [0.25, 0.3) is 0 Å². The van der Waals surface area contributed by atoms with Gasteiger partial charge in [0.1, 0.15) is 6.61 Å². The lowest BCUT2D eigenvalue weighted by atomic mass is 10.2. The molecule has 0 bridgehead atoms. The molecular weight excluding hydrogens is 204 g/mol. The Balaban J connectivity index is 2.25. The molecule has 1 amide bonds. The van der Waals surface area contributed by atoms with Crippen molar-refractivity contribution in [3.05, 3.63) is 35.9 Å². The zero-order valence-corrected chi connectivity index (χ0v) is 9.48. The molecule has 0 spiro atoms. The molecule has 0 aliphatic heterocycles. The van der Waals surface area contributed by atoms with Crippen molar-refractivity contribution in [3.8, 4) is 0 Å². The highest BCUT2D eigenvalue weighted by Gasteiger charge is 2.07. The summed E-state index contributed by atoms with van der Waals surface area (Å²) in [7, 11) is 0. The molecule has 0 heterocycles. The monoisotopic (exact) mass is 222 g/mol. The van der Waals surface area contributed by atoms with Crippen LogP contribution in [0.15, 0.2) is 30.3 Å². The van der Waals surface area contributed by atoms with Crippen LogP contribution in [0, 0.1) is 0 Å². The Morgan fingerprint density at radius 3 is 2.75 bits per heavy atom. The van der Waals surface area contributed by atoms with Crippen molar-refractivity contribution in [2.24, 2.45) is 5.73 Å². The average Bonchev–Trinajstić information content (AvgIpc) is 2.28. The summed E-state index contributed by atoms with van der Waals surface area (Å²) in [6, 6.07) is 9.53. The number of hydrogen-bond acceptors (Lipinski definition) is 3. The number of alkyl carbamates (subject to hydrolysis) is 1. The minimum Gasteiger partial charge on any atom is -0.445 e. The minimum atomic E-state index is -0.468. The Labute approximate surface area is 95.8 Å². The zero-order chi connectivity index (χ0) is 11.8. The maximum atomic E-state index is 11.3. The standard InChI is InChI=1S/C12H18N2O2/c1-2-6-11(13)14-12(15)16-9-10-7-4-3-5-8-10/h3-5,7-8,11H,2,6,9,13H2,1H3,(H,14,15). The van der Waals surface area contributed by atoms with Crippen LogP contribution < -0.4 is 11.1 Å². The van der Waals surface area contributed by atoms with Gasteiger partial charge in [-0.05, 0) is 12.0 Å². The van der Waals surface area contributed by atoms with Gasteiger partial charge in [-0.1, -0.05) is 43.7 Å². The highest BCUT2D eigenvalue weighted by molar-refractivity contribution is 5.67. The summed E-state index contributed by atoms with van der Waals surface area (Å²) in [6.45, 7) is 2.28. The molecule has 1 atom stereocenters. The summed E-state index contributed by atoms with van der Waals surface area (Å²) < 4.78 is 5.02. The van der Waals surface area contributed by atoms with Crippen LogP contribution in [0.1, 0.15) is 25.3 Å². The summed E-state index contributed by atoms with van der Waals surface area (Å²) in [5.41, 5.74) is 6.60. The Bertz CT molecular complexity index is 314. The van der Waals surface area contributed by atoms with Gasteiger partial charge in [0.15, 0.2) is 0 Å². The van der Waals surface area contributed by atoms with Gasteiger partial charge < -0.3 is 15.8 Å². The maximum Gasteiger partial charge on any atom is 0.408 e. The molecule has 1 rings (SSSR count). The lowest BCUT2D eigenvalue weighted by Crippen LogP contribution is -2.41. The van der Waals surface area contributed by atoms with Crippen LogP contribution >= 0.6 is 0 Å². The van der Waals surface area contributed by atoms with E-state index in [-0.39, 0.29) is 12.8 Å². The first-order valence-corrected chi connectivity index (χ1v) is 5.45. The molecule has 4 nitrogen and oxygen atoms in total. The van der Waals surface area contributed by atoms with E-state index >= 15 is 0 Å². The van der Waals surface area contributed by atoms with Gasteiger partial charge in [0.05, 0.1) is 6.17 Å². The molecule has 16 heavy (non-hydrogen) atoms. The van der Waals surface area contributed by atoms with Crippen LogP contribution in [0.5, 0.6) is 0 Å². The van der Waals surface area contributed by atoms with Crippen molar-refractivity contribution in [1.82, 2.24) is 5.32 Å². The van der Waals surface area contributed by atoms with Crippen LogP contribution in [0.4, 0.5) is 4.79 Å². The lowest BCUT2D eigenvalue weighted by molar-refractivity contribution is 0.135. The van der Waals surface area contributed by atoms with Crippen molar-refractivity contribution in [2.45, 2.75) is 32.5 Å². The number of nitrogens with two attached hydrogens (primary N) is 1. The second-order valence-electron chi connectivity index (χ2n) is 3.60. The van der Waals surface area contributed by atoms with E-state index in [1.165, 1.54) is 0 Å². The molecule has 3 N–H and O–H groups in total. The predicted octanol–water partition coefficient (Wildman–Crippen LogP) is 2.00. The fourth-order valence-electron chi connectivity index (χ4n) is 1.30. The van der Waals surface area contributed by atoms with E-state index in [1.807, 2.05) is 37.3 Å². The Morgan fingerprint density at radius 1 is 1.44 bits per heavy atom. The van der Waals surface area contributed by atoms with E-state index in [1.54, 1.807) is 0 Å². The van der Waals surface area contributed by atoms with Gasteiger partial charge >= 0.3 is 6.09 Å². The first kappa shape index (κ1) is 12.5. The van der Waals surface area contributed by atoms with Gasteiger partial charge in [-0.2, -0.15) is 0 Å². The van der Waals surface area contributed by atoms with E-state index < -0.39 is 6.09 Å². The van der Waals surface area contributed by atoms with Crippen molar-refractivity contribution in [3.63, 3.8) is 0 Å². The molecule has 1 aromatic rings.